The molecule has 0 radical (unpaired) electrons. The molecule has 14 heteroatoms. The molecule has 7 nitrogen and oxygen atoms in total. The summed E-state index contributed by atoms with van der Waals surface area (Å²) in [5.74, 6) is -2.68. The van der Waals surface area contributed by atoms with Crippen LogP contribution >= 0.6 is 0 Å². The van der Waals surface area contributed by atoms with Gasteiger partial charge in [-0.3, -0.25) is 9.59 Å². The number of nitriles is 1. The first-order valence-electron chi connectivity index (χ1n) is 9.69. The zero-order chi connectivity index (χ0) is 26.1. The van der Waals surface area contributed by atoms with Crippen LogP contribution in [0, 0.1) is 17.1 Å². The second-order valence-corrected chi connectivity index (χ2v) is 7.38. The van der Waals surface area contributed by atoms with Crippen LogP contribution in [0.3, 0.4) is 0 Å². The van der Waals surface area contributed by atoms with Gasteiger partial charge in [-0.2, -0.15) is 31.6 Å². The molecular formula is C21H15F7N4O3. The third-order valence-corrected chi connectivity index (χ3v) is 4.82. The summed E-state index contributed by atoms with van der Waals surface area (Å²) in [7, 11) is 0. The third-order valence-electron chi connectivity index (χ3n) is 4.82. The number of anilines is 3. The minimum absolute atomic E-state index is 0.0645. The predicted molar refractivity (Wildman–Crippen MR) is 108 cm³/mol. The van der Waals surface area contributed by atoms with Crippen molar-refractivity contribution in [3.05, 3.63) is 53.3 Å². The molecule has 1 fully saturated rings. The highest BCUT2D eigenvalue weighted by atomic mass is 19.4. The van der Waals surface area contributed by atoms with Gasteiger partial charge in [0.15, 0.2) is 6.10 Å². The molecule has 2 aromatic carbocycles. The van der Waals surface area contributed by atoms with Crippen LogP contribution in [-0.2, 0) is 20.5 Å². The van der Waals surface area contributed by atoms with Gasteiger partial charge in [0, 0.05) is 18.3 Å². The predicted octanol–water partition coefficient (Wildman–Crippen LogP) is 4.41. The van der Waals surface area contributed by atoms with Crippen molar-refractivity contribution in [3.8, 4) is 6.07 Å². The Bertz CT molecular complexity index is 1190. The smallest absolute Gasteiger partial charge is 0.335 e. The summed E-state index contributed by atoms with van der Waals surface area (Å²) in [5.41, 5.74) is -3.19. The Morgan fingerprint density at radius 2 is 1.77 bits per heavy atom. The molecule has 0 bridgehead atoms. The highest BCUT2D eigenvalue weighted by molar-refractivity contribution is 5.95. The number of alkyl halides is 6. The number of carbonyl (C=O) groups excluding carboxylic acids is 2. The quantitative estimate of drug-likeness (QED) is 0.602. The fourth-order valence-corrected chi connectivity index (χ4v) is 3.34. The molecule has 35 heavy (non-hydrogen) atoms. The highest BCUT2D eigenvalue weighted by Gasteiger charge is 2.52. The van der Waals surface area contributed by atoms with E-state index in [4.69, 9.17) is 10.00 Å². The summed E-state index contributed by atoms with van der Waals surface area (Å²) >= 11 is 0. The van der Waals surface area contributed by atoms with E-state index >= 15 is 0 Å². The molecule has 1 heterocycles. The Hall–Kier alpha value is -3.86. The summed E-state index contributed by atoms with van der Waals surface area (Å²) in [6.07, 6.45) is -14.7. The van der Waals surface area contributed by atoms with Crippen molar-refractivity contribution >= 4 is 28.9 Å². The van der Waals surface area contributed by atoms with Crippen LogP contribution in [0.5, 0.6) is 0 Å². The largest absolute Gasteiger partial charge is 0.433 e. The number of ether oxygens (including phenoxy) is 1. The third kappa shape index (κ3) is 5.80. The van der Waals surface area contributed by atoms with Crippen LogP contribution in [0.15, 0.2) is 36.4 Å². The normalized spacial score (nSPS) is 18.2. The number of hydrogen-bond donors (Lipinski definition) is 2. The minimum Gasteiger partial charge on any atom is -0.335 e. The monoisotopic (exact) mass is 504 g/mol. The zero-order valence-corrected chi connectivity index (χ0v) is 17.6. The molecule has 2 aromatic rings. The van der Waals surface area contributed by atoms with E-state index in [1.807, 2.05) is 0 Å². The molecule has 1 aliphatic rings. The van der Waals surface area contributed by atoms with Gasteiger partial charge in [-0.05, 0) is 36.4 Å². The SMILES string of the molecule is CC(=O)Nc1ccc(NC(=O)[C@@H]2CN(c3ccc(C#N)c(C(F)(F)F)c3)[C@@H](C(F)(F)F)O2)c(F)c1. The Labute approximate surface area is 193 Å². The van der Waals surface area contributed by atoms with Gasteiger partial charge in [0.2, 0.25) is 12.1 Å². The lowest BCUT2D eigenvalue weighted by Gasteiger charge is -2.27. The van der Waals surface area contributed by atoms with Gasteiger partial charge in [-0.15, -0.1) is 0 Å². The average molecular weight is 504 g/mol. The van der Waals surface area contributed by atoms with Gasteiger partial charge < -0.3 is 20.3 Å². The Morgan fingerprint density at radius 1 is 1.09 bits per heavy atom. The molecule has 0 saturated carbocycles. The molecule has 186 valence electrons. The van der Waals surface area contributed by atoms with Crippen LogP contribution in [0.25, 0.3) is 0 Å². The first-order valence-corrected chi connectivity index (χ1v) is 9.69. The Kier molecular flexibility index (Phi) is 6.93. The van der Waals surface area contributed by atoms with E-state index in [-0.39, 0.29) is 5.69 Å². The highest BCUT2D eigenvalue weighted by Crippen LogP contribution is 2.39. The maximum atomic E-state index is 14.3. The number of nitrogens with zero attached hydrogens (tertiary/aromatic N) is 2. The summed E-state index contributed by atoms with van der Waals surface area (Å²) in [6.45, 7) is 0.365. The topological polar surface area (TPSA) is 94.5 Å². The zero-order valence-electron chi connectivity index (χ0n) is 17.6. The second-order valence-electron chi connectivity index (χ2n) is 7.38. The molecule has 2 atom stereocenters. The molecule has 2 N–H and O–H groups in total. The fourth-order valence-electron chi connectivity index (χ4n) is 3.34. The number of amides is 2. The van der Waals surface area contributed by atoms with Crippen molar-refractivity contribution in [2.24, 2.45) is 0 Å². The van der Waals surface area contributed by atoms with E-state index in [2.05, 4.69) is 10.6 Å². The standard InChI is InChI=1S/C21H15F7N4O3/c1-10(33)30-12-3-5-16(15(22)6-12)31-18(34)17-9-32(19(35-17)21(26,27)28)13-4-2-11(8-29)14(7-13)20(23,24)25/h2-7,17,19H,9H2,1H3,(H,30,33)(H,31,34)/t17-,19+/m0/s1. The Balaban J connectivity index is 1.87. The van der Waals surface area contributed by atoms with E-state index in [0.29, 0.717) is 17.0 Å². The van der Waals surface area contributed by atoms with E-state index in [0.717, 1.165) is 18.2 Å². The summed E-state index contributed by atoms with van der Waals surface area (Å²) in [6, 6.07) is 6.43. The van der Waals surface area contributed by atoms with Crippen molar-refractivity contribution in [3.63, 3.8) is 0 Å². The lowest BCUT2D eigenvalue weighted by molar-refractivity contribution is -0.212. The van der Waals surface area contributed by atoms with Gasteiger partial charge in [0.05, 0.1) is 29.4 Å². The number of hydrogen-bond acceptors (Lipinski definition) is 5. The fraction of sp³-hybridized carbons (Fsp3) is 0.286. The van der Waals surface area contributed by atoms with Gasteiger partial charge in [0.25, 0.3) is 5.91 Å². The number of benzene rings is 2. The molecular weight excluding hydrogens is 489 g/mol. The number of rotatable bonds is 4. The van der Waals surface area contributed by atoms with Gasteiger partial charge in [-0.1, -0.05) is 0 Å². The summed E-state index contributed by atoms with van der Waals surface area (Å²) in [5, 5.41) is 13.2. The molecule has 2 amide bonds. The molecule has 1 saturated heterocycles. The Morgan fingerprint density at radius 3 is 2.31 bits per heavy atom. The van der Waals surface area contributed by atoms with Crippen molar-refractivity contribution in [1.82, 2.24) is 0 Å². The van der Waals surface area contributed by atoms with Gasteiger partial charge >= 0.3 is 12.4 Å². The summed E-state index contributed by atoms with van der Waals surface area (Å²) in [4.78, 5) is 24.0. The molecule has 3 rings (SSSR count). The number of halogens is 7. The number of nitrogens with one attached hydrogen (secondary N) is 2. The molecule has 0 unspecified atom stereocenters. The van der Waals surface area contributed by atoms with Crippen molar-refractivity contribution in [2.45, 2.75) is 31.6 Å². The second kappa shape index (κ2) is 9.41. The van der Waals surface area contributed by atoms with Crippen molar-refractivity contribution in [1.29, 1.82) is 5.26 Å². The van der Waals surface area contributed by atoms with Crippen LogP contribution in [0.1, 0.15) is 18.1 Å². The average Bonchev–Trinajstić information content (AvgIpc) is 3.20. The van der Waals surface area contributed by atoms with E-state index < -0.39 is 71.4 Å². The van der Waals surface area contributed by atoms with Crippen LogP contribution in [0.4, 0.5) is 47.8 Å². The maximum Gasteiger partial charge on any atom is 0.433 e. The van der Waals surface area contributed by atoms with E-state index in [1.54, 1.807) is 0 Å². The number of carbonyl (C=O) groups is 2. The molecule has 0 aromatic heterocycles. The van der Waals surface area contributed by atoms with Crippen LogP contribution in [0.2, 0.25) is 0 Å². The molecule has 0 aliphatic carbocycles. The van der Waals surface area contributed by atoms with Crippen LogP contribution < -0.4 is 15.5 Å². The first-order chi connectivity index (χ1) is 16.2. The van der Waals surface area contributed by atoms with Crippen LogP contribution in [-0.4, -0.2) is 36.9 Å². The lowest BCUT2D eigenvalue weighted by atomic mass is 10.1. The minimum atomic E-state index is -5.10. The van der Waals surface area contributed by atoms with Crippen molar-refractivity contribution in [2.75, 3.05) is 22.1 Å². The molecule has 0 spiro atoms. The lowest BCUT2D eigenvalue weighted by Crippen LogP contribution is -2.42. The van der Waals surface area contributed by atoms with E-state index in [1.165, 1.54) is 19.1 Å². The first kappa shape index (κ1) is 25.8. The van der Waals surface area contributed by atoms with E-state index in [9.17, 15) is 40.3 Å². The molecule has 1 aliphatic heterocycles. The summed E-state index contributed by atoms with van der Waals surface area (Å²) < 4.78 is 99.6. The maximum absolute atomic E-state index is 14.3. The van der Waals surface area contributed by atoms with Gasteiger partial charge in [0.1, 0.15) is 5.82 Å². The van der Waals surface area contributed by atoms with Crippen molar-refractivity contribution < 1.29 is 45.1 Å². The van der Waals surface area contributed by atoms with Gasteiger partial charge in [-0.25, -0.2) is 4.39 Å².